The van der Waals surface area contributed by atoms with E-state index >= 15 is 0 Å². The summed E-state index contributed by atoms with van der Waals surface area (Å²) >= 11 is 0. The summed E-state index contributed by atoms with van der Waals surface area (Å²) in [6, 6.07) is 7.34. The van der Waals surface area contributed by atoms with Crippen molar-refractivity contribution in [2.24, 2.45) is 0 Å². The fourth-order valence-corrected chi connectivity index (χ4v) is 4.29. The number of ether oxygens (including phenoxy) is 1. The van der Waals surface area contributed by atoms with Crippen LogP contribution in [0.5, 0.6) is 5.75 Å². The van der Waals surface area contributed by atoms with E-state index in [9.17, 15) is 9.59 Å². The molecule has 2 aromatic heterocycles. The minimum absolute atomic E-state index is 0.0573. The highest BCUT2D eigenvalue weighted by Gasteiger charge is 2.30. The molecular formula is C23H25N7O3. The minimum Gasteiger partial charge on any atom is -0.486 e. The van der Waals surface area contributed by atoms with E-state index < -0.39 is 0 Å². The van der Waals surface area contributed by atoms with Crippen LogP contribution in [0, 0.1) is 6.92 Å². The van der Waals surface area contributed by atoms with Gasteiger partial charge in [-0.15, -0.1) is 0 Å². The van der Waals surface area contributed by atoms with Crippen LogP contribution in [-0.2, 0) is 6.54 Å². The molecule has 170 valence electrons. The summed E-state index contributed by atoms with van der Waals surface area (Å²) in [5.74, 6) is 1.12. The topological polar surface area (TPSA) is 113 Å². The molecule has 1 fully saturated rings. The first kappa shape index (κ1) is 21.1. The van der Waals surface area contributed by atoms with Crippen molar-refractivity contribution in [2.45, 2.75) is 26.5 Å². The van der Waals surface area contributed by atoms with E-state index in [-0.39, 0.29) is 18.0 Å². The van der Waals surface area contributed by atoms with Gasteiger partial charge in [-0.25, -0.2) is 19.7 Å². The number of rotatable bonds is 6. The predicted molar refractivity (Wildman–Crippen MR) is 124 cm³/mol. The number of carbonyl (C=O) groups excluding carboxylic acids is 2. The Morgan fingerprint density at radius 3 is 2.82 bits per heavy atom. The Bertz CT molecular complexity index is 1260. The van der Waals surface area contributed by atoms with Crippen LogP contribution in [0.3, 0.4) is 0 Å². The molecule has 1 saturated heterocycles. The van der Waals surface area contributed by atoms with E-state index in [4.69, 9.17) is 4.74 Å². The highest BCUT2D eigenvalue weighted by atomic mass is 16.5. The number of amides is 3. The summed E-state index contributed by atoms with van der Waals surface area (Å²) in [5.41, 5.74) is 3.70. The standard InChI is InChI=1S/C23H25N7O3/c1-4-30-21-20-17(25-12-26-21)7-14(8-18(20)28-23(30)32)9-29-10-15(11-29)33-19-6-5-16(22(31)24-3)27-13(19)2/h5-8,12,15H,4,9-11H2,1-3H3,(H,24,31)(H,28,32). The lowest BCUT2D eigenvalue weighted by atomic mass is 10.0. The summed E-state index contributed by atoms with van der Waals surface area (Å²) in [7, 11) is 1.58. The first-order valence-corrected chi connectivity index (χ1v) is 10.9. The number of anilines is 2. The third kappa shape index (κ3) is 3.82. The van der Waals surface area contributed by atoms with Gasteiger partial charge in [-0.1, -0.05) is 0 Å². The van der Waals surface area contributed by atoms with Crippen LogP contribution in [0.15, 0.2) is 30.6 Å². The molecular weight excluding hydrogens is 422 g/mol. The number of hydrogen-bond acceptors (Lipinski definition) is 7. The summed E-state index contributed by atoms with van der Waals surface area (Å²) < 4.78 is 6.08. The number of nitrogens with one attached hydrogen (secondary N) is 2. The quantitative estimate of drug-likeness (QED) is 0.596. The van der Waals surface area contributed by atoms with Crippen molar-refractivity contribution in [1.29, 1.82) is 0 Å². The number of aryl methyl sites for hydroxylation is 1. The van der Waals surface area contributed by atoms with Gasteiger partial charge in [-0.3, -0.25) is 14.6 Å². The zero-order valence-electron chi connectivity index (χ0n) is 18.8. The van der Waals surface area contributed by atoms with Crippen LogP contribution in [0.4, 0.5) is 16.3 Å². The zero-order chi connectivity index (χ0) is 23.1. The van der Waals surface area contributed by atoms with Crippen molar-refractivity contribution >= 4 is 34.3 Å². The Hall–Kier alpha value is -3.79. The van der Waals surface area contributed by atoms with Crippen molar-refractivity contribution in [3.05, 3.63) is 47.5 Å². The number of pyridine rings is 1. The van der Waals surface area contributed by atoms with E-state index in [1.165, 1.54) is 6.33 Å². The molecule has 5 rings (SSSR count). The van der Waals surface area contributed by atoms with E-state index in [0.717, 1.165) is 41.8 Å². The Morgan fingerprint density at radius 2 is 2.09 bits per heavy atom. The smallest absolute Gasteiger partial charge is 0.327 e. The molecule has 0 bridgehead atoms. The van der Waals surface area contributed by atoms with Crippen molar-refractivity contribution in [1.82, 2.24) is 25.2 Å². The average Bonchev–Trinajstić information content (AvgIpc) is 2.78. The summed E-state index contributed by atoms with van der Waals surface area (Å²) in [5, 5.41) is 6.41. The van der Waals surface area contributed by atoms with E-state index in [1.807, 2.05) is 19.9 Å². The van der Waals surface area contributed by atoms with Crippen LogP contribution in [0.25, 0.3) is 10.9 Å². The molecule has 0 saturated carbocycles. The summed E-state index contributed by atoms with van der Waals surface area (Å²) in [6.45, 7) is 6.57. The van der Waals surface area contributed by atoms with Crippen LogP contribution in [-0.4, -0.2) is 64.6 Å². The van der Waals surface area contributed by atoms with E-state index in [0.29, 0.717) is 29.5 Å². The molecule has 33 heavy (non-hydrogen) atoms. The van der Waals surface area contributed by atoms with Gasteiger partial charge in [-0.2, -0.15) is 0 Å². The van der Waals surface area contributed by atoms with Crippen LogP contribution >= 0.6 is 0 Å². The first-order valence-electron chi connectivity index (χ1n) is 10.9. The van der Waals surface area contributed by atoms with Gasteiger partial charge >= 0.3 is 6.03 Å². The molecule has 0 radical (unpaired) electrons. The normalized spacial score (nSPS) is 15.8. The van der Waals surface area contributed by atoms with Crippen LogP contribution in [0.1, 0.15) is 28.7 Å². The minimum atomic E-state index is -0.218. The molecule has 3 aromatic rings. The SMILES string of the molecule is CCN1C(=O)Nc2cc(CN3CC(Oc4ccc(C(=O)NC)nc4C)C3)cc3ncnc1c23. The molecule has 4 heterocycles. The molecule has 0 atom stereocenters. The molecule has 2 aliphatic rings. The number of likely N-dealkylation sites (tertiary alicyclic amines) is 1. The maximum Gasteiger partial charge on any atom is 0.327 e. The number of urea groups is 1. The third-order valence-corrected chi connectivity index (χ3v) is 5.96. The van der Waals surface area contributed by atoms with Crippen molar-refractivity contribution in [3.63, 3.8) is 0 Å². The zero-order valence-corrected chi connectivity index (χ0v) is 18.8. The lowest BCUT2D eigenvalue weighted by molar-refractivity contribution is 0.0139. The molecule has 3 amide bonds. The lowest BCUT2D eigenvalue weighted by Crippen LogP contribution is -2.53. The Balaban J connectivity index is 1.26. The van der Waals surface area contributed by atoms with Crippen LogP contribution < -0.4 is 20.3 Å². The van der Waals surface area contributed by atoms with E-state index in [1.54, 1.807) is 24.1 Å². The molecule has 2 N–H and O–H groups in total. The van der Waals surface area contributed by atoms with Crippen molar-refractivity contribution in [3.8, 4) is 5.75 Å². The van der Waals surface area contributed by atoms with Crippen LogP contribution in [0.2, 0.25) is 0 Å². The number of benzene rings is 1. The van der Waals surface area contributed by atoms with Gasteiger partial charge in [0.25, 0.3) is 5.91 Å². The maximum absolute atomic E-state index is 12.4. The van der Waals surface area contributed by atoms with E-state index in [2.05, 4.69) is 36.6 Å². The second-order valence-corrected chi connectivity index (χ2v) is 8.20. The second kappa shape index (κ2) is 8.28. The summed E-state index contributed by atoms with van der Waals surface area (Å²) in [4.78, 5) is 41.1. The van der Waals surface area contributed by atoms with Crippen molar-refractivity contribution < 1.29 is 14.3 Å². The highest BCUT2D eigenvalue weighted by molar-refractivity contribution is 6.17. The molecule has 0 unspecified atom stereocenters. The first-order chi connectivity index (χ1) is 16.0. The molecule has 10 heteroatoms. The second-order valence-electron chi connectivity index (χ2n) is 8.20. The van der Waals surface area contributed by atoms with Gasteiger partial charge in [0.1, 0.15) is 29.7 Å². The fourth-order valence-electron chi connectivity index (χ4n) is 4.29. The number of carbonyl (C=O) groups is 2. The number of nitrogens with zero attached hydrogens (tertiary/aromatic N) is 5. The van der Waals surface area contributed by atoms with Gasteiger partial charge in [0.15, 0.2) is 0 Å². The number of aromatic nitrogens is 3. The molecule has 0 spiro atoms. The van der Waals surface area contributed by atoms with Gasteiger partial charge in [0.2, 0.25) is 0 Å². The van der Waals surface area contributed by atoms with Gasteiger partial charge < -0.3 is 15.4 Å². The Kier molecular flexibility index (Phi) is 5.29. The van der Waals surface area contributed by atoms with Gasteiger partial charge in [0, 0.05) is 33.2 Å². The Labute approximate surface area is 191 Å². The monoisotopic (exact) mass is 447 g/mol. The molecule has 1 aromatic carbocycles. The third-order valence-electron chi connectivity index (χ3n) is 5.96. The molecule has 2 aliphatic heterocycles. The largest absolute Gasteiger partial charge is 0.486 e. The van der Waals surface area contributed by atoms with Crippen molar-refractivity contribution in [2.75, 3.05) is 36.9 Å². The molecule has 10 nitrogen and oxygen atoms in total. The highest BCUT2D eigenvalue weighted by Crippen LogP contribution is 2.36. The fraction of sp³-hybridized carbons (Fsp3) is 0.348. The maximum atomic E-state index is 12.4. The van der Waals surface area contributed by atoms with Gasteiger partial charge in [-0.05, 0) is 43.7 Å². The lowest BCUT2D eigenvalue weighted by Gasteiger charge is -2.39. The Morgan fingerprint density at radius 1 is 1.27 bits per heavy atom. The average molecular weight is 447 g/mol. The summed E-state index contributed by atoms with van der Waals surface area (Å²) in [6.07, 6.45) is 1.56. The number of hydrogen-bond donors (Lipinski definition) is 2. The van der Waals surface area contributed by atoms with Gasteiger partial charge in [0.05, 0.1) is 22.3 Å². The molecule has 0 aliphatic carbocycles. The predicted octanol–water partition coefficient (Wildman–Crippen LogP) is 2.33.